The third-order valence-corrected chi connectivity index (χ3v) is 6.63. The second kappa shape index (κ2) is 9.39. The fourth-order valence-corrected chi connectivity index (χ4v) is 4.69. The van der Waals surface area contributed by atoms with Gasteiger partial charge in [0, 0.05) is 30.2 Å². The maximum Gasteiger partial charge on any atom is 0.257 e. The summed E-state index contributed by atoms with van der Waals surface area (Å²) in [5.74, 6) is -0.154. The maximum atomic E-state index is 13.0. The molecule has 2 amide bonds. The van der Waals surface area contributed by atoms with E-state index in [1.54, 1.807) is 23.2 Å². The Labute approximate surface area is 186 Å². The molecule has 0 spiro atoms. The number of aromatic nitrogens is 1. The number of amides is 2. The van der Waals surface area contributed by atoms with Gasteiger partial charge < -0.3 is 14.6 Å². The van der Waals surface area contributed by atoms with Gasteiger partial charge in [-0.1, -0.05) is 23.9 Å². The highest BCUT2D eigenvalue weighted by Gasteiger charge is 2.26. The number of nitrogens with one attached hydrogen (secondary N) is 1. The molecule has 0 unspecified atom stereocenters. The smallest absolute Gasteiger partial charge is 0.257 e. The third kappa shape index (κ3) is 4.99. The summed E-state index contributed by atoms with van der Waals surface area (Å²) in [5.41, 5.74) is 3.46. The Balaban J connectivity index is 1.39. The molecule has 1 aromatic carbocycles. The molecule has 3 heterocycles. The average molecular weight is 436 g/mol. The lowest BCUT2D eigenvalue weighted by atomic mass is 10.0. The minimum atomic E-state index is -0.125. The number of likely N-dealkylation sites (tertiary alicyclic amines) is 1. The Morgan fingerprint density at radius 2 is 1.97 bits per heavy atom. The van der Waals surface area contributed by atoms with Crippen LogP contribution < -0.4 is 5.32 Å². The molecule has 1 N–H and O–H groups in total. The number of pyridine rings is 1. The fourth-order valence-electron chi connectivity index (χ4n) is 3.63. The van der Waals surface area contributed by atoms with Crippen LogP contribution in [0.3, 0.4) is 0 Å². The highest BCUT2D eigenvalue weighted by atomic mass is 32.2. The van der Waals surface area contributed by atoms with E-state index in [4.69, 9.17) is 4.42 Å². The number of benzene rings is 1. The van der Waals surface area contributed by atoms with Crippen LogP contribution >= 0.6 is 11.8 Å². The number of furan rings is 1. The summed E-state index contributed by atoms with van der Waals surface area (Å²) in [6.45, 7) is 5.32. The normalized spacial score (nSPS) is 14.5. The van der Waals surface area contributed by atoms with E-state index in [2.05, 4.69) is 42.3 Å². The zero-order valence-corrected chi connectivity index (χ0v) is 18.4. The first-order chi connectivity index (χ1) is 15.0. The quantitative estimate of drug-likeness (QED) is 0.640. The molecule has 6 nitrogen and oxygen atoms in total. The van der Waals surface area contributed by atoms with Gasteiger partial charge in [0.05, 0.1) is 17.4 Å². The van der Waals surface area contributed by atoms with E-state index in [0.29, 0.717) is 29.2 Å². The van der Waals surface area contributed by atoms with Crippen molar-refractivity contribution in [1.82, 2.24) is 15.2 Å². The number of aryl methyl sites for hydroxylation is 2. The van der Waals surface area contributed by atoms with Crippen LogP contribution in [-0.4, -0.2) is 40.8 Å². The van der Waals surface area contributed by atoms with Gasteiger partial charge in [0.1, 0.15) is 11.3 Å². The number of hydrogen-bond donors (Lipinski definition) is 1. The second-order valence-electron chi connectivity index (χ2n) is 7.78. The molecule has 1 aliphatic heterocycles. The van der Waals surface area contributed by atoms with Crippen molar-refractivity contribution in [3.05, 3.63) is 77.4 Å². The van der Waals surface area contributed by atoms with Crippen molar-refractivity contribution in [1.29, 1.82) is 0 Å². The summed E-state index contributed by atoms with van der Waals surface area (Å²) in [6, 6.07) is 11.6. The van der Waals surface area contributed by atoms with Crippen LogP contribution in [0.15, 0.2) is 69.5 Å². The SMILES string of the molecule is Cc1ccc(C)c(Sc2ncccc2C(=O)NC2CCN(C(=O)c3ccoc3)CC2)c1. The van der Waals surface area contributed by atoms with Crippen molar-refractivity contribution in [2.45, 2.75) is 42.7 Å². The number of carbonyl (C=O) groups is 2. The molecular weight excluding hydrogens is 410 g/mol. The standard InChI is InChI=1S/C24H25N3O3S/c1-16-5-6-17(2)21(14-16)31-23-20(4-3-10-25-23)22(28)26-19-7-11-27(12-8-19)24(29)18-9-13-30-15-18/h3-6,9-10,13-15,19H,7-8,11-12H2,1-2H3,(H,26,28). The number of piperidine rings is 1. The largest absolute Gasteiger partial charge is 0.472 e. The molecule has 160 valence electrons. The van der Waals surface area contributed by atoms with Crippen LogP contribution in [0, 0.1) is 13.8 Å². The summed E-state index contributed by atoms with van der Waals surface area (Å²) in [4.78, 5) is 32.8. The van der Waals surface area contributed by atoms with Gasteiger partial charge in [0.25, 0.3) is 11.8 Å². The molecule has 31 heavy (non-hydrogen) atoms. The lowest BCUT2D eigenvalue weighted by molar-refractivity contribution is 0.0697. The van der Waals surface area contributed by atoms with Gasteiger partial charge in [-0.05, 0) is 62.1 Å². The first-order valence-corrected chi connectivity index (χ1v) is 11.2. The third-order valence-electron chi connectivity index (χ3n) is 5.45. The Morgan fingerprint density at radius 1 is 1.16 bits per heavy atom. The van der Waals surface area contributed by atoms with E-state index >= 15 is 0 Å². The monoisotopic (exact) mass is 435 g/mol. The van der Waals surface area contributed by atoms with Crippen molar-refractivity contribution in [3.8, 4) is 0 Å². The molecule has 2 aromatic heterocycles. The maximum absolute atomic E-state index is 13.0. The molecule has 0 saturated carbocycles. The minimum absolute atomic E-state index is 0.0275. The van der Waals surface area contributed by atoms with E-state index in [9.17, 15) is 9.59 Å². The lowest BCUT2D eigenvalue weighted by Gasteiger charge is -2.32. The molecule has 7 heteroatoms. The summed E-state index contributed by atoms with van der Waals surface area (Å²) >= 11 is 1.51. The van der Waals surface area contributed by atoms with Crippen LogP contribution in [0.4, 0.5) is 0 Å². The highest BCUT2D eigenvalue weighted by molar-refractivity contribution is 7.99. The molecular formula is C24H25N3O3S. The summed E-state index contributed by atoms with van der Waals surface area (Å²) in [6.07, 6.45) is 6.12. The van der Waals surface area contributed by atoms with E-state index in [1.165, 1.54) is 29.9 Å². The summed E-state index contributed by atoms with van der Waals surface area (Å²) < 4.78 is 5.00. The molecule has 4 rings (SSSR count). The van der Waals surface area contributed by atoms with Gasteiger partial charge >= 0.3 is 0 Å². The van der Waals surface area contributed by atoms with Crippen molar-refractivity contribution in [2.24, 2.45) is 0 Å². The Morgan fingerprint density at radius 3 is 2.71 bits per heavy atom. The zero-order chi connectivity index (χ0) is 21.8. The molecule has 0 radical (unpaired) electrons. The number of carbonyl (C=O) groups excluding carboxylic acids is 2. The van der Waals surface area contributed by atoms with Crippen LogP contribution in [0.5, 0.6) is 0 Å². The Hall–Kier alpha value is -3.06. The first kappa shape index (κ1) is 21.2. The van der Waals surface area contributed by atoms with Crippen molar-refractivity contribution >= 4 is 23.6 Å². The van der Waals surface area contributed by atoms with Gasteiger partial charge in [0.15, 0.2) is 0 Å². The number of nitrogens with zero attached hydrogens (tertiary/aromatic N) is 2. The van der Waals surface area contributed by atoms with E-state index in [1.807, 2.05) is 6.07 Å². The fraction of sp³-hybridized carbons (Fsp3) is 0.292. The van der Waals surface area contributed by atoms with Gasteiger partial charge in [0.2, 0.25) is 0 Å². The topological polar surface area (TPSA) is 75.4 Å². The molecule has 0 bridgehead atoms. The van der Waals surface area contributed by atoms with Crippen molar-refractivity contribution in [2.75, 3.05) is 13.1 Å². The van der Waals surface area contributed by atoms with E-state index < -0.39 is 0 Å². The van der Waals surface area contributed by atoms with Gasteiger partial charge in [-0.25, -0.2) is 4.98 Å². The predicted molar refractivity (Wildman–Crippen MR) is 119 cm³/mol. The van der Waals surface area contributed by atoms with E-state index in [0.717, 1.165) is 23.3 Å². The van der Waals surface area contributed by atoms with Crippen LogP contribution in [0.1, 0.15) is 44.7 Å². The first-order valence-electron chi connectivity index (χ1n) is 10.3. The number of rotatable bonds is 5. The van der Waals surface area contributed by atoms with E-state index in [-0.39, 0.29) is 17.9 Å². The van der Waals surface area contributed by atoms with Gasteiger partial charge in [-0.15, -0.1) is 0 Å². The number of hydrogen-bond acceptors (Lipinski definition) is 5. The molecule has 1 fully saturated rings. The van der Waals surface area contributed by atoms with Gasteiger partial charge in [-0.3, -0.25) is 9.59 Å². The Kier molecular flexibility index (Phi) is 6.42. The van der Waals surface area contributed by atoms with Crippen LogP contribution in [0.25, 0.3) is 0 Å². The average Bonchev–Trinajstić information content (AvgIpc) is 3.32. The zero-order valence-electron chi connectivity index (χ0n) is 17.6. The molecule has 3 aromatic rings. The Bertz CT molecular complexity index is 1070. The molecule has 1 saturated heterocycles. The summed E-state index contributed by atoms with van der Waals surface area (Å²) in [7, 11) is 0. The van der Waals surface area contributed by atoms with Gasteiger partial charge in [-0.2, -0.15) is 0 Å². The lowest BCUT2D eigenvalue weighted by Crippen LogP contribution is -2.46. The second-order valence-corrected chi connectivity index (χ2v) is 8.81. The summed E-state index contributed by atoms with van der Waals surface area (Å²) in [5, 5.41) is 3.83. The van der Waals surface area contributed by atoms with Crippen LogP contribution in [0.2, 0.25) is 0 Å². The van der Waals surface area contributed by atoms with Crippen molar-refractivity contribution < 1.29 is 14.0 Å². The highest BCUT2D eigenvalue weighted by Crippen LogP contribution is 2.32. The molecule has 0 aliphatic carbocycles. The molecule has 1 aliphatic rings. The predicted octanol–water partition coefficient (Wildman–Crippen LogP) is 4.48. The minimum Gasteiger partial charge on any atom is -0.472 e. The molecule has 0 atom stereocenters. The van der Waals surface area contributed by atoms with Crippen LogP contribution in [-0.2, 0) is 0 Å². The van der Waals surface area contributed by atoms with Crippen molar-refractivity contribution in [3.63, 3.8) is 0 Å².